The summed E-state index contributed by atoms with van der Waals surface area (Å²) in [5.74, 6) is -0.271. The van der Waals surface area contributed by atoms with Gasteiger partial charge in [0.05, 0.1) is 23.6 Å². The Balaban J connectivity index is 1.32. The number of aromatic nitrogens is 2. The summed E-state index contributed by atoms with van der Waals surface area (Å²) in [6.07, 6.45) is 1.40. The largest absolute Gasteiger partial charge is 0.496 e. The number of fused-ring (bicyclic) bond motifs is 1. The minimum Gasteiger partial charge on any atom is -0.496 e. The Hall–Kier alpha value is -6.37. The van der Waals surface area contributed by atoms with Gasteiger partial charge in [-0.25, -0.2) is 10.5 Å². The minimum absolute atomic E-state index is 0.0381. The monoisotopic (exact) mass is 606 g/mol. The average Bonchev–Trinajstić information content (AvgIpc) is 3.07. The molecule has 0 bridgehead atoms. The molecule has 0 aliphatic carbocycles. The average molecular weight is 607 g/mol. The molecule has 2 amide bonds. The lowest BCUT2D eigenvalue weighted by molar-refractivity contribution is -0.384. The summed E-state index contributed by atoms with van der Waals surface area (Å²) < 4.78 is 11.2. The van der Waals surface area contributed by atoms with Gasteiger partial charge in [0.1, 0.15) is 23.8 Å². The summed E-state index contributed by atoms with van der Waals surface area (Å²) in [7, 11) is 1.49. The van der Waals surface area contributed by atoms with Crippen LogP contribution in [0.5, 0.6) is 11.5 Å². The number of aromatic amines is 1. The van der Waals surface area contributed by atoms with Crippen LogP contribution in [-0.4, -0.2) is 40.3 Å². The van der Waals surface area contributed by atoms with Gasteiger partial charge in [-0.1, -0.05) is 48.5 Å². The van der Waals surface area contributed by atoms with E-state index in [9.17, 15) is 24.5 Å². The van der Waals surface area contributed by atoms with Crippen LogP contribution in [0.15, 0.2) is 107 Å². The van der Waals surface area contributed by atoms with Crippen LogP contribution >= 0.6 is 0 Å². The number of hydrazone groups is 1. The van der Waals surface area contributed by atoms with E-state index in [-0.39, 0.29) is 18.0 Å². The normalized spacial score (nSPS) is 11.6. The number of benzene rings is 4. The Morgan fingerprint density at radius 2 is 1.71 bits per heavy atom. The van der Waals surface area contributed by atoms with Crippen molar-refractivity contribution in [2.24, 2.45) is 5.10 Å². The van der Waals surface area contributed by atoms with Gasteiger partial charge in [-0.2, -0.15) is 10.2 Å². The maximum atomic E-state index is 13.4. The number of carbonyl (C=O) groups excluding carboxylic acids is 2. The van der Waals surface area contributed by atoms with Gasteiger partial charge < -0.3 is 14.8 Å². The van der Waals surface area contributed by atoms with Gasteiger partial charge in [0.25, 0.3) is 23.1 Å². The fraction of sp³-hybridized carbons (Fsp3) is 0.0938. The third-order valence-corrected chi connectivity index (χ3v) is 6.71. The number of carbonyl (C=O) groups is 2. The van der Waals surface area contributed by atoms with Crippen LogP contribution in [0, 0.1) is 10.1 Å². The second-order valence-electron chi connectivity index (χ2n) is 9.60. The second-order valence-corrected chi connectivity index (χ2v) is 9.60. The third kappa shape index (κ3) is 7.17. The van der Waals surface area contributed by atoms with Gasteiger partial charge in [0.15, 0.2) is 6.04 Å². The van der Waals surface area contributed by atoms with Crippen molar-refractivity contribution in [3.05, 3.63) is 140 Å². The fourth-order valence-electron chi connectivity index (χ4n) is 4.44. The van der Waals surface area contributed by atoms with Gasteiger partial charge in [-0.05, 0) is 42.0 Å². The zero-order chi connectivity index (χ0) is 31.8. The molecule has 0 aliphatic heterocycles. The lowest BCUT2D eigenvalue weighted by Crippen LogP contribution is -2.40. The summed E-state index contributed by atoms with van der Waals surface area (Å²) >= 11 is 0. The van der Waals surface area contributed by atoms with Crippen molar-refractivity contribution in [1.29, 1.82) is 0 Å². The van der Waals surface area contributed by atoms with E-state index in [2.05, 4.69) is 26.0 Å². The van der Waals surface area contributed by atoms with E-state index in [1.807, 2.05) is 0 Å². The molecule has 0 saturated heterocycles. The fourth-order valence-corrected chi connectivity index (χ4v) is 4.44. The summed E-state index contributed by atoms with van der Waals surface area (Å²) in [4.78, 5) is 49.2. The Labute approximate surface area is 255 Å². The van der Waals surface area contributed by atoms with Crippen molar-refractivity contribution < 1.29 is 24.0 Å². The molecule has 0 aliphatic rings. The van der Waals surface area contributed by atoms with Crippen LogP contribution in [0.1, 0.15) is 33.2 Å². The van der Waals surface area contributed by atoms with Gasteiger partial charge in [0.2, 0.25) is 0 Å². The van der Waals surface area contributed by atoms with Crippen molar-refractivity contribution in [2.75, 3.05) is 7.11 Å². The number of nitrogens with zero attached hydrogens (tertiary/aromatic N) is 3. The van der Waals surface area contributed by atoms with E-state index >= 15 is 0 Å². The van der Waals surface area contributed by atoms with E-state index in [0.29, 0.717) is 39.0 Å². The van der Waals surface area contributed by atoms with Crippen molar-refractivity contribution in [1.82, 2.24) is 20.9 Å². The number of non-ortho nitro benzene ring substituents is 1. The lowest BCUT2D eigenvalue weighted by atomic mass is 10.0. The number of hydrogen-bond donors (Lipinski definition) is 3. The van der Waals surface area contributed by atoms with E-state index in [1.54, 1.807) is 72.8 Å². The van der Waals surface area contributed by atoms with Crippen molar-refractivity contribution >= 4 is 34.5 Å². The first-order chi connectivity index (χ1) is 21.8. The molecular weight excluding hydrogens is 580 g/mol. The van der Waals surface area contributed by atoms with Crippen molar-refractivity contribution in [2.45, 2.75) is 12.6 Å². The maximum absolute atomic E-state index is 13.4. The SMILES string of the molecule is COc1cc(/C=N\NC(=O)[C@H](NC(=O)c2ccccc2)c2n[nH]c(=O)c3ccccc23)ccc1COc1ccc([N+](=O)[O-])cc1. The number of hydrogen-bond acceptors (Lipinski definition) is 9. The number of nitro benzene ring substituents is 1. The Bertz CT molecular complexity index is 1940. The molecule has 13 heteroatoms. The zero-order valence-electron chi connectivity index (χ0n) is 23.8. The van der Waals surface area contributed by atoms with Crippen molar-refractivity contribution in [3.8, 4) is 11.5 Å². The van der Waals surface area contributed by atoms with Crippen LogP contribution in [0.4, 0.5) is 5.69 Å². The third-order valence-electron chi connectivity index (χ3n) is 6.71. The Morgan fingerprint density at radius 1 is 1.00 bits per heavy atom. The number of rotatable bonds is 11. The van der Waals surface area contributed by atoms with Crippen LogP contribution in [0.3, 0.4) is 0 Å². The molecule has 0 unspecified atom stereocenters. The molecule has 0 spiro atoms. The molecule has 4 aromatic carbocycles. The molecule has 1 heterocycles. The Morgan fingerprint density at radius 3 is 2.42 bits per heavy atom. The van der Waals surface area contributed by atoms with E-state index in [4.69, 9.17) is 9.47 Å². The molecule has 3 N–H and O–H groups in total. The number of amides is 2. The quantitative estimate of drug-likeness (QED) is 0.115. The number of nitrogens with one attached hydrogen (secondary N) is 3. The minimum atomic E-state index is -1.30. The van der Waals surface area contributed by atoms with Crippen molar-refractivity contribution in [3.63, 3.8) is 0 Å². The molecule has 45 heavy (non-hydrogen) atoms. The predicted octanol–water partition coefficient (Wildman–Crippen LogP) is 4.04. The Kier molecular flexibility index (Phi) is 9.19. The highest BCUT2D eigenvalue weighted by molar-refractivity contribution is 5.99. The first-order valence-corrected chi connectivity index (χ1v) is 13.5. The first kappa shape index (κ1) is 30.1. The van der Waals surface area contributed by atoms with Gasteiger partial charge in [-0.15, -0.1) is 0 Å². The van der Waals surface area contributed by atoms with Gasteiger partial charge in [0, 0.05) is 28.6 Å². The van der Waals surface area contributed by atoms with Crippen LogP contribution < -0.4 is 25.8 Å². The second kappa shape index (κ2) is 13.7. The summed E-state index contributed by atoms with van der Waals surface area (Å²) in [5, 5.41) is 24.8. The number of H-pyrrole nitrogens is 1. The number of methoxy groups -OCH3 is 1. The molecule has 13 nitrogen and oxygen atoms in total. The topological polar surface area (TPSA) is 178 Å². The number of ether oxygens (including phenoxy) is 2. The summed E-state index contributed by atoms with van der Waals surface area (Å²) in [6, 6.07) is 24.6. The first-order valence-electron chi connectivity index (χ1n) is 13.5. The lowest BCUT2D eigenvalue weighted by Gasteiger charge is -2.18. The highest BCUT2D eigenvalue weighted by atomic mass is 16.6. The zero-order valence-corrected chi connectivity index (χ0v) is 23.8. The highest BCUT2D eigenvalue weighted by Crippen LogP contribution is 2.24. The van der Waals surface area contributed by atoms with Crippen LogP contribution in [0.25, 0.3) is 10.8 Å². The van der Waals surface area contributed by atoms with Gasteiger partial charge >= 0.3 is 0 Å². The molecule has 0 saturated carbocycles. The predicted molar refractivity (Wildman–Crippen MR) is 165 cm³/mol. The summed E-state index contributed by atoms with van der Waals surface area (Å²) in [5.41, 5.74) is 3.74. The molecule has 5 rings (SSSR count). The summed E-state index contributed by atoms with van der Waals surface area (Å²) in [6.45, 7) is 0.137. The molecule has 1 aromatic heterocycles. The maximum Gasteiger partial charge on any atom is 0.272 e. The van der Waals surface area contributed by atoms with E-state index < -0.39 is 28.3 Å². The molecule has 226 valence electrons. The van der Waals surface area contributed by atoms with E-state index in [1.165, 1.54) is 37.6 Å². The molecule has 0 radical (unpaired) electrons. The highest BCUT2D eigenvalue weighted by Gasteiger charge is 2.27. The smallest absolute Gasteiger partial charge is 0.272 e. The number of nitro groups is 1. The molecule has 1 atom stereocenters. The van der Waals surface area contributed by atoms with E-state index in [0.717, 1.165) is 0 Å². The standard InChI is InChI=1S/C32H26N6O7/c1-44-27-17-20(11-12-22(27)19-45-24-15-13-23(14-16-24)38(42)43)18-33-36-32(41)29(34-30(39)21-7-3-2-4-8-21)28-25-9-5-6-10-26(25)31(40)37-35-28/h2-18,29H,19H2,1H3,(H,34,39)(H,36,41)(H,37,40)/b33-18-/t29-/m1/s1. The van der Waals surface area contributed by atoms with Crippen LogP contribution in [0.2, 0.25) is 0 Å². The molecule has 0 fully saturated rings. The molecular formula is C32H26N6O7. The van der Waals surface area contributed by atoms with Gasteiger partial charge in [-0.3, -0.25) is 24.5 Å². The van der Waals surface area contributed by atoms with Crippen LogP contribution in [-0.2, 0) is 11.4 Å². The molecule has 5 aromatic rings.